The van der Waals surface area contributed by atoms with Crippen molar-refractivity contribution in [1.29, 1.82) is 0 Å². The van der Waals surface area contributed by atoms with E-state index in [-0.39, 0.29) is 0 Å². The molecule has 1 aromatic carbocycles. The van der Waals surface area contributed by atoms with Gasteiger partial charge in [-0.3, -0.25) is 20.4 Å². The number of hydrogen-bond acceptors (Lipinski definition) is 5. The maximum Gasteiger partial charge on any atom is 0.281 e. The van der Waals surface area contributed by atoms with Crippen LogP contribution in [0.5, 0.6) is 0 Å². The van der Waals surface area contributed by atoms with Gasteiger partial charge in [0.15, 0.2) is 0 Å². The summed E-state index contributed by atoms with van der Waals surface area (Å²) in [5, 5.41) is 5.02. The molecular formula is C16H12ClN3O2S2. The van der Waals surface area contributed by atoms with Gasteiger partial charge in [-0.1, -0.05) is 23.7 Å². The van der Waals surface area contributed by atoms with E-state index >= 15 is 0 Å². The standard InChI is InChI=1S/C16H12ClN3O2S2/c1-9-13(24-16(18-9)10-6-7-23-8-10)15(22)20-19-14(21)11-4-2-3-5-12(11)17/h2-8H,1H3,(H,19,21)(H,20,22). The molecule has 0 fully saturated rings. The lowest BCUT2D eigenvalue weighted by Crippen LogP contribution is -2.41. The van der Waals surface area contributed by atoms with Gasteiger partial charge in [-0.25, -0.2) is 4.98 Å². The van der Waals surface area contributed by atoms with Crippen molar-refractivity contribution in [3.05, 3.63) is 62.2 Å². The molecule has 3 aromatic rings. The fraction of sp³-hybridized carbons (Fsp3) is 0.0625. The van der Waals surface area contributed by atoms with Crippen LogP contribution in [-0.4, -0.2) is 16.8 Å². The Bertz CT molecular complexity index is 891. The highest BCUT2D eigenvalue weighted by Crippen LogP contribution is 2.29. The minimum absolute atomic E-state index is 0.291. The minimum atomic E-state index is -0.478. The molecule has 122 valence electrons. The molecule has 0 aliphatic rings. The van der Waals surface area contributed by atoms with E-state index in [9.17, 15) is 9.59 Å². The molecule has 0 aliphatic heterocycles. The molecule has 0 saturated carbocycles. The molecule has 8 heteroatoms. The van der Waals surface area contributed by atoms with Gasteiger partial charge in [0.2, 0.25) is 0 Å². The smallest absolute Gasteiger partial charge is 0.267 e. The lowest BCUT2D eigenvalue weighted by Gasteiger charge is -2.07. The van der Waals surface area contributed by atoms with Gasteiger partial charge in [-0.05, 0) is 30.5 Å². The average Bonchev–Trinajstić information content (AvgIpc) is 3.22. The van der Waals surface area contributed by atoms with Crippen molar-refractivity contribution in [3.63, 3.8) is 0 Å². The number of amides is 2. The highest BCUT2D eigenvalue weighted by atomic mass is 35.5. The number of thiophene rings is 1. The molecule has 2 N–H and O–H groups in total. The number of carbonyl (C=O) groups excluding carboxylic acids is 2. The molecule has 0 saturated heterocycles. The van der Waals surface area contributed by atoms with Crippen molar-refractivity contribution in [2.45, 2.75) is 6.92 Å². The number of carbonyl (C=O) groups is 2. The van der Waals surface area contributed by atoms with Crippen LogP contribution in [0.2, 0.25) is 5.02 Å². The molecule has 2 heterocycles. The second-order valence-electron chi connectivity index (χ2n) is 4.83. The van der Waals surface area contributed by atoms with Gasteiger partial charge in [0.1, 0.15) is 9.88 Å². The topological polar surface area (TPSA) is 71.1 Å². The van der Waals surface area contributed by atoms with E-state index in [1.165, 1.54) is 11.3 Å². The van der Waals surface area contributed by atoms with Crippen LogP contribution < -0.4 is 10.9 Å². The first kappa shape index (κ1) is 16.6. The monoisotopic (exact) mass is 377 g/mol. The predicted octanol–water partition coefficient (Wildman–Crippen LogP) is 3.91. The summed E-state index contributed by atoms with van der Waals surface area (Å²) in [6.07, 6.45) is 0. The van der Waals surface area contributed by atoms with E-state index in [4.69, 9.17) is 11.6 Å². The first-order valence-corrected chi connectivity index (χ1v) is 9.05. The zero-order chi connectivity index (χ0) is 17.1. The van der Waals surface area contributed by atoms with Gasteiger partial charge in [0.25, 0.3) is 11.8 Å². The number of halogens is 1. The van der Waals surface area contributed by atoms with Gasteiger partial charge in [0.05, 0.1) is 16.3 Å². The molecule has 0 aliphatic carbocycles. The quantitative estimate of drug-likeness (QED) is 0.680. The van der Waals surface area contributed by atoms with Crippen molar-refractivity contribution in [2.24, 2.45) is 0 Å². The number of benzene rings is 1. The Morgan fingerprint density at radius 1 is 1.12 bits per heavy atom. The van der Waals surface area contributed by atoms with Crippen LogP contribution in [0.15, 0.2) is 41.1 Å². The summed E-state index contributed by atoms with van der Waals surface area (Å²) < 4.78 is 0. The molecule has 0 unspecified atom stereocenters. The van der Waals surface area contributed by atoms with E-state index in [0.29, 0.717) is 21.2 Å². The number of thiazole rings is 1. The van der Waals surface area contributed by atoms with Crippen LogP contribution in [-0.2, 0) is 0 Å². The fourth-order valence-corrected chi connectivity index (χ4v) is 3.89. The molecule has 2 aromatic heterocycles. The largest absolute Gasteiger partial charge is 0.281 e. The predicted molar refractivity (Wildman–Crippen MR) is 96.5 cm³/mol. The second-order valence-corrected chi connectivity index (χ2v) is 7.02. The Morgan fingerprint density at radius 3 is 2.58 bits per heavy atom. The fourth-order valence-electron chi connectivity index (χ4n) is 2.00. The minimum Gasteiger partial charge on any atom is -0.267 e. The number of nitrogens with zero attached hydrogens (tertiary/aromatic N) is 1. The van der Waals surface area contributed by atoms with Gasteiger partial charge in [0, 0.05) is 10.9 Å². The Labute approximate surface area is 151 Å². The highest BCUT2D eigenvalue weighted by molar-refractivity contribution is 7.17. The number of aromatic nitrogens is 1. The van der Waals surface area contributed by atoms with Crippen LogP contribution in [0.1, 0.15) is 25.7 Å². The van der Waals surface area contributed by atoms with Gasteiger partial charge in [-0.15, -0.1) is 11.3 Å². The van der Waals surface area contributed by atoms with Crippen molar-refractivity contribution in [1.82, 2.24) is 15.8 Å². The molecule has 0 atom stereocenters. The SMILES string of the molecule is Cc1nc(-c2ccsc2)sc1C(=O)NNC(=O)c1ccccc1Cl. The third kappa shape index (κ3) is 3.48. The summed E-state index contributed by atoms with van der Waals surface area (Å²) in [7, 11) is 0. The van der Waals surface area contributed by atoms with E-state index in [2.05, 4.69) is 15.8 Å². The van der Waals surface area contributed by atoms with Crippen LogP contribution in [0, 0.1) is 6.92 Å². The zero-order valence-corrected chi connectivity index (χ0v) is 14.9. The summed E-state index contributed by atoms with van der Waals surface area (Å²) >= 11 is 8.81. The normalized spacial score (nSPS) is 10.4. The summed E-state index contributed by atoms with van der Waals surface area (Å²) in [5.74, 6) is -0.888. The molecule has 5 nitrogen and oxygen atoms in total. The summed E-state index contributed by atoms with van der Waals surface area (Å²) in [6, 6.07) is 8.56. The lowest BCUT2D eigenvalue weighted by molar-refractivity contribution is 0.0848. The van der Waals surface area contributed by atoms with Crippen molar-refractivity contribution in [2.75, 3.05) is 0 Å². The molecule has 0 radical (unpaired) electrons. The molecule has 0 bridgehead atoms. The van der Waals surface area contributed by atoms with E-state index in [1.807, 2.05) is 16.8 Å². The molecular weight excluding hydrogens is 366 g/mol. The number of aryl methyl sites for hydroxylation is 1. The zero-order valence-electron chi connectivity index (χ0n) is 12.5. The molecule has 3 rings (SSSR count). The van der Waals surface area contributed by atoms with Crippen LogP contribution in [0.25, 0.3) is 10.6 Å². The molecule has 2 amide bonds. The Morgan fingerprint density at radius 2 is 1.88 bits per heavy atom. The summed E-state index contributed by atoms with van der Waals surface area (Å²) in [6.45, 7) is 1.76. The second kappa shape index (κ2) is 7.12. The van der Waals surface area contributed by atoms with Crippen LogP contribution >= 0.6 is 34.3 Å². The maximum absolute atomic E-state index is 12.3. The Balaban J connectivity index is 1.70. The summed E-state index contributed by atoms with van der Waals surface area (Å²) in [5.41, 5.74) is 6.65. The number of hydrogen-bond donors (Lipinski definition) is 2. The number of nitrogens with one attached hydrogen (secondary N) is 2. The first-order chi connectivity index (χ1) is 11.6. The summed E-state index contributed by atoms with van der Waals surface area (Å²) in [4.78, 5) is 29.2. The van der Waals surface area contributed by atoms with Crippen molar-refractivity contribution in [3.8, 4) is 10.6 Å². The third-order valence-corrected chi connectivity index (χ3v) is 5.40. The van der Waals surface area contributed by atoms with Crippen LogP contribution in [0.3, 0.4) is 0 Å². The van der Waals surface area contributed by atoms with E-state index in [1.54, 1.807) is 42.5 Å². The van der Waals surface area contributed by atoms with E-state index < -0.39 is 11.8 Å². The average molecular weight is 378 g/mol. The Kier molecular flexibility index (Phi) is 4.94. The maximum atomic E-state index is 12.3. The van der Waals surface area contributed by atoms with Gasteiger partial charge >= 0.3 is 0 Å². The van der Waals surface area contributed by atoms with Gasteiger partial charge in [-0.2, -0.15) is 11.3 Å². The highest BCUT2D eigenvalue weighted by Gasteiger charge is 2.17. The van der Waals surface area contributed by atoms with E-state index in [0.717, 1.165) is 10.6 Å². The van der Waals surface area contributed by atoms with Crippen molar-refractivity contribution < 1.29 is 9.59 Å². The molecule has 0 spiro atoms. The lowest BCUT2D eigenvalue weighted by atomic mass is 10.2. The van der Waals surface area contributed by atoms with Crippen molar-refractivity contribution >= 4 is 46.1 Å². The number of rotatable bonds is 3. The first-order valence-electron chi connectivity index (χ1n) is 6.91. The van der Waals surface area contributed by atoms with Crippen LogP contribution in [0.4, 0.5) is 0 Å². The van der Waals surface area contributed by atoms with Gasteiger partial charge < -0.3 is 0 Å². The third-order valence-electron chi connectivity index (χ3n) is 3.18. The number of hydrazine groups is 1. The molecule has 24 heavy (non-hydrogen) atoms. The Hall–Kier alpha value is -2.22.